The third-order valence-electron chi connectivity index (χ3n) is 11.5. The van der Waals surface area contributed by atoms with Crippen LogP contribution in [-0.2, 0) is 0 Å². The average molecular weight is 490 g/mol. The van der Waals surface area contributed by atoms with E-state index in [1.165, 1.54) is 109 Å². The minimum absolute atomic E-state index is 0.613. The second-order valence-corrected chi connectivity index (χ2v) is 13.5. The molecule has 0 spiro atoms. The summed E-state index contributed by atoms with van der Waals surface area (Å²) in [4.78, 5) is 0. The Labute approximate surface area is 220 Å². The van der Waals surface area contributed by atoms with Gasteiger partial charge in [0.05, 0.1) is 0 Å². The molecule has 0 heterocycles. The van der Waals surface area contributed by atoms with Crippen molar-refractivity contribution in [1.82, 2.24) is 0 Å². The standard InChI is InChI=1S/C33H63NO/c1-5-9-10-24(6-2)21-25-11-15-29(16-12-25)31-19-17-30(23-28(31)8-4)32-18-13-26(14-20-33(34)35)22-27(32)7-3/h24-33,35H,5-23,34H2,1-4H3. The number of unbranched alkanes of at least 4 members (excludes halogenated alkanes) is 1. The molecule has 3 saturated carbocycles. The largest absolute Gasteiger partial charge is 0.379 e. The maximum absolute atomic E-state index is 9.52. The van der Waals surface area contributed by atoms with Gasteiger partial charge in [0.15, 0.2) is 0 Å². The Morgan fingerprint density at radius 2 is 1.31 bits per heavy atom. The van der Waals surface area contributed by atoms with E-state index in [1.807, 2.05) is 0 Å². The van der Waals surface area contributed by atoms with Crippen molar-refractivity contribution in [2.45, 2.75) is 156 Å². The molecule has 3 N–H and O–H groups in total. The third kappa shape index (κ3) is 8.73. The van der Waals surface area contributed by atoms with Crippen molar-refractivity contribution in [3.05, 3.63) is 0 Å². The van der Waals surface area contributed by atoms with Crippen molar-refractivity contribution in [2.75, 3.05) is 0 Å². The number of aliphatic hydroxyl groups is 1. The van der Waals surface area contributed by atoms with Crippen molar-refractivity contribution < 1.29 is 5.11 Å². The summed E-state index contributed by atoms with van der Waals surface area (Å²) < 4.78 is 0. The SMILES string of the molecule is CCCCC(CC)CC1CCC(C2CCC(C3CCC(CCC(N)O)CC3CC)CC2CC)CC1. The lowest BCUT2D eigenvalue weighted by Crippen LogP contribution is -2.38. The first kappa shape index (κ1) is 29.5. The van der Waals surface area contributed by atoms with Gasteiger partial charge in [-0.05, 0) is 117 Å². The van der Waals surface area contributed by atoms with Crippen molar-refractivity contribution in [3.63, 3.8) is 0 Å². The van der Waals surface area contributed by atoms with E-state index in [4.69, 9.17) is 5.73 Å². The summed E-state index contributed by atoms with van der Waals surface area (Å²) in [7, 11) is 0. The van der Waals surface area contributed by atoms with Crippen LogP contribution >= 0.6 is 0 Å². The van der Waals surface area contributed by atoms with Crippen molar-refractivity contribution >= 4 is 0 Å². The monoisotopic (exact) mass is 489 g/mol. The normalized spacial score (nSPS) is 38.2. The van der Waals surface area contributed by atoms with Crippen LogP contribution in [-0.4, -0.2) is 11.3 Å². The summed E-state index contributed by atoms with van der Waals surface area (Å²) in [5.74, 6) is 8.76. The lowest BCUT2D eigenvalue weighted by atomic mass is 9.58. The molecule has 0 amide bonds. The van der Waals surface area contributed by atoms with Gasteiger partial charge in [0, 0.05) is 0 Å². The molecule has 2 nitrogen and oxygen atoms in total. The molecule has 0 bridgehead atoms. The highest BCUT2D eigenvalue weighted by Crippen LogP contribution is 2.51. The molecule has 3 rings (SSSR count). The van der Waals surface area contributed by atoms with Crippen LogP contribution in [0.3, 0.4) is 0 Å². The zero-order valence-corrected chi connectivity index (χ0v) is 24.2. The summed E-state index contributed by atoms with van der Waals surface area (Å²) in [5.41, 5.74) is 5.63. The lowest BCUT2D eigenvalue weighted by molar-refractivity contribution is 0.0266. The molecular weight excluding hydrogens is 426 g/mol. The van der Waals surface area contributed by atoms with E-state index in [2.05, 4.69) is 27.7 Å². The van der Waals surface area contributed by atoms with Gasteiger partial charge in [-0.1, -0.05) is 85.5 Å². The van der Waals surface area contributed by atoms with Gasteiger partial charge < -0.3 is 10.8 Å². The summed E-state index contributed by atoms with van der Waals surface area (Å²) in [6, 6.07) is 0. The lowest BCUT2D eigenvalue weighted by Gasteiger charge is -2.48. The van der Waals surface area contributed by atoms with E-state index in [-0.39, 0.29) is 0 Å². The Morgan fingerprint density at radius 3 is 1.94 bits per heavy atom. The fourth-order valence-corrected chi connectivity index (χ4v) is 9.25. The molecule has 0 aromatic rings. The Morgan fingerprint density at radius 1 is 0.714 bits per heavy atom. The van der Waals surface area contributed by atoms with Gasteiger partial charge in [0.1, 0.15) is 6.23 Å². The van der Waals surface area contributed by atoms with Crippen LogP contribution in [0.1, 0.15) is 150 Å². The first-order chi connectivity index (χ1) is 17.0. The van der Waals surface area contributed by atoms with E-state index >= 15 is 0 Å². The smallest absolute Gasteiger partial charge is 0.102 e. The number of hydrogen-bond donors (Lipinski definition) is 2. The second kappa shape index (κ2) is 15.4. The molecule has 0 aromatic carbocycles. The van der Waals surface area contributed by atoms with Crippen LogP contribution < -0.4 is 5.73 Å². The van der Waals surface area contributed by atoms with Gasteiger partial charge in [-0.3, -0.25) is 0 Å². The molecule has 8 atom stereocenters. The molecule has 35 heavy (non-hydrogen) atoms. The third-order valence-corrected chi connectivity index (χ3v) is 11.5. The topological polar surface area (TPSA) is 46.2 Å². The molecular formula is C33H63NO. The van der Waals surface area contributed by atoms with Gasteiger partial charge in [0.2, 0.25) is 0 Å². The molecule has 2 heteroatoms. The minimum atomic E-state index is -0.613. The fourth-order valence-electron chi connectivity index (χ4n) is 9.25. The number of aliphatic hydroxyl groups excluding tert-OH is 1. The van der Waals surface area contributed by atoms with Crippen LogP contribution in [0, 0.1) is 53.3 Å². The highest BCUT2D eigenvalue weighted by Gasteiger charge is 2.41. The van der Waals surface area contributed by atoms with Crippen molar-refractivity contribution in [2.24, 2.45) is 59.0 Å². The van der Waals surface area contributed by atoms with E-state index in [0.29, 0.717) is 0 Å². The zero-order chi connectivity index (χ0) is 25.2. The fraction of sp³-hybridized carbons (Fsp3) is 1.00. The Kier molecular flexibility index (Phi) is 12.9. The van der Waals surface area contributed by atoms with E-state index < -0.39 is 6.23 Å². The Bertz CT molecular complexity index is 553. The summed E-state index contributed by atoms with van der Waals surface area (Å²) in [6.45, 7) is 9.71. The molecule has 206 valence electrons. The molecule has 0 radical (unpaired) electrons. The van der Waals surface area contributed by atoms with Crippen LogP contribution in [0.5, 0.6) is 0 Å². The minimum Gasteiger partial charge on any atom is -0.379 e. The average Bonchev–Trinajstić information content (AvgIpc) is 2.89. The maximum atomic E-state index is 9.52. The van der Waals surface area contributed by atoms with Gasteiger partial charge >= 0.3 is 0 Å². The highest BCUT2D eigenvalue weighted by molar-refractivity contribution is 4.92. The second-order valence-electron chi connectivity index (χ2n) is 13.5. The predicted molar refractivity (Wildman–Crippen MR) is 152 cm³/mol. The van der Waals surface area contributed by atoms with Crippen LogP contribution in [0.15, 0.2) is 0 Å². The van der Waals surface area contributed by atoms with Gasteiger partial charge in [-0.25, -0.2) is 0 Å². The first-order valence-corrected chi connectivity index (χ1v) is 16.4. The molecule has 0 aromatic heterocycles. The van der Waals surface area contributed by atoms with Crippen molar-refractivity contribution in [1.29, 1.82) is 0 Å². The van der Waals surface area contributed by atoms with Gasteiger partial charge in [-0.2, -0.15) is 0 Å². The molecule has 0 aliphatic heterocycles. The number of rotatable bonds is 13. The summed E-state index contributed by atoms with van der Waals surface area (Å²) in [6.07, 6.45) is 26.2. The quantitative estimate of drug-likeness (QED) is 0.253. The molecule has 3 aliphatic carbocycles. The molecule has 3 fully saturated rings. The van der Waals surface area contributed by atoms with Gasteiger partial charge in [-0.15, -0.1) is 0 Å². The van der Waals surface area contributed by atoms with Crippen LogP contribution in [0.4, 0.5) is 0 Å². The van der Waals surface area contributed by atoms with Gasteiger partial charge in [0.25, 0.3) is 0 Å². The molecule has 8 unspecified atom stereocenters. The predicted octanol–water partition coefficient (Wildman–Crippen LogP) is 9.34. The van der Waals surface area contributed by atoms with E-state index in [0.717, 1.165) is 66.1 Å². The zero-order valence-electron chi connectivity index (χ0n) is 24.2. The molecule has 3 aliphatic rings. The highest BCUT2D eigenvalue weighted by atomic mass is 16.3. The van der Waals surface area contributed by atoms with Crippen molar-refractivity contribution in [3.8, 4) is 0 Å². The number of hydrogen-bond acceptors (Lipinski definition) is 2. The first-order valence-electron chi connectivity index (χ1n) is 16.4. The van der Waals surface area contributed by atoms with E-state index in [1.54, 1.807) is 0 Å². The Hall–Kier alpha value is -0.0800. The Balaban J connectivity index is 1.47. The summed E-state index contributed by atoms with van der Waals surface area (Å²) in [5, 5.41) is 9.52. The summed E-state index contributed by atoms with van der Waals surface area (Å²) >= 11 is 0. The number of nitrogens with two attached hydrogens (primary N) is 1. The molecule has 0 saturated heterocycles. The van der Waals surface area contributed by atoms with E-state index in [9.17, 15) is 5.11 Å². The maximum Gasteiger partial charge on any atom is 0.102 e. The van der Waals surface area contributed by atoms with Crippen LogP contribution in [0.2, 0.25) is 0 Å². The van der Waals surface area contributed by atoms with Crippen LogP contribution in [0.25, 0.3) is 0 Å².